The summed E-state index contributed by atoms with van der Waals surface area (Å²) in [6, 6.07) is 11.7. The zero-order chi connectivity index (χ0) is 14.5. The van der Waals surface area contributed by atoms with Crippen molar-refractivity contribution in [1.29, 1.82) is 0 Å². The van der Waals surface area contributed by atoms with Gasteiger partial charge in [0.1, 0.15) is 0 Å². The first-order valence-corrected chi connectivity index (χ1v) is 7.59. The van der Waals surface area contributed by atoms with E-state index >= 15 is 0 Å². The molecule has 0 aliphatic rings. The smallest absolute Gasteiger partial charge is 0.191 e. The van der Waals surface area contributed by atoms with Gasteiger partial charge < -0.3 is 5.32 Å². The molecule has 0 fully saturated rings. The Morgan fingerprint density at radius 3 is 2.65 bits per heavy atom. The van der Waals surface area contributed by atoms with Crippen LogP contribution in [0.3, 0.4) is 0 Å². The molecule has 0 radical (unpaired) electrons. The van der Waals surface area contributed by atoms with E-state index in [0.717, 1.165) is 26.2 Å². The molecule has 0 saturated carbocycles. The van der Waals surface area contributed by atoms with Crippen LogP contribution in [0.15, 0.2) is 41.5 Å². The van der Waals surface area contributed by atoms with Crippen LogP contribution >= 0.6 is 35.2 Å². The van der Waals surface area contributed by atoms with E-state index in [2.05, 4.69) is 15.8 Å². The predicted octanol–water partition coefficient (Wildman–Crippen LogP) is 4.42. The van der Waals surface area contributed by atoms with E-state index in [4.69, 9.17) is 23.8 Å². The van der Waals surface area contributed by atoms with E-state index in [1.807, 2.05) is 50.2 Å². The van der Waals surface area contributed by atoms with Crippen molar-refractivity contribution < 1.29 is 0 Å². The van der Waals surface area contributed by atoms with Crippen molar-refractivity contribution >= 4 is 51.7 Å². The SMILES string of the molecule is C/C(=N/NC(=S)Nc1ccccc1C)c1ccc(Cl)s1. The monoisotopic (exact) mass is 323 g/mol. The first-order valence-electron chi connectivity index (χ1n) is 5.99. The second-order valence-electron chi connectivity index (χ2n) is 4.18. The van der Waals surface area contributed by atoms with Gasteiger partial charge in [-0.3, -0.25) is 5.43 Å². The molecule has 0 saturated heterocycles. The molecule has 1 heterocycles. The van der Waals surface area contributed by atoms with Gasteiger partial charge in [-0.2, -0.15) is 5.10 Å². The number of hydrazone groups is 1. The lowest BCUT2D eigenvalue weighted by Crippen LogP contribution is -2.25. The van der Waals surface area contributed by atoms with Crippen LogP contribution in [0.25, 0.3) is 0 Å². The molecule has 2 rings (SSSR count). The van der Waals surface area contributed by atoms with Gasteiger partial charge in [-0.25, -0.2) is 0 Å². The van der Waals surface area contributed by atoms with Crippen molar-refractivity contribution in [3.8, 4) is 0 Å². The third kappa shape index (κ3) is 4.03. The number of hydrogen-bond donors (Lipinski definition) is 2. The van der Waals surface area contributed by atoms with Crippen molar-refractivity contribution in [2.24, 2.45) is 5.10 Å². The lowest BCUT2D eigenvalue weighted by atomic mass is 10.2. The zero-order valence-corrected chi connectivity index (χ0v) is 13.5. The molecule has 3 nitrogen and oxygen atoms in total. The number of halogens is 1. The van der Waals surface area contributed by atoms with Gasteiger partial charge in [0, 0.05) is 5.69 Å². The Hall–Kier alpha value is -1.43. The molecule has 2 N–H and O–H groups in total. The molecule has 0 amide bonds. The summed E-state index contributed by atoms with van der Waals surface area (Å²) in [4.78, 5) is 1.01. The average molecular weight is 324 g/mol. The summed E-state index contributed by atoms with van der Waals surface area (Å²) in [7, 11) is 0. The number of para-hydroxylation sites is 1. The Morgan fingerprint density at radius 1 is 1.25 bits per heavy atom. The maximum absolute atomic E-state index is 5.90. The number of thiophene rings is 1. The standard InChI is InChI=1S/C14H14ClN3S2/c1-9-5-3-4-6-11(9)16-14(19)18-17-10(2)12-7-8-13(15)20-12/h3-8H,1-2H3,(H2,16,18,19)/b17-10-. The second-order valence-corrected chi connectivity index (χ2v) is 6.31. The van der Waals surface area contributed by atoms with Crippen LogP contribution in [0.5, 0.6) is 0 Å². The fourth-order valence-corrected chi connectivity index (χ4v) is 2.71. The fraction of sp³-hybridized carbons (Fsp3) is 0.143. The molecule has 104 valence electrons. The third-order valence-corrected chi connectivity index (χ3v) is 4.18. The van der Waals surface area contributed by atoms with Crippen molar-refractivity contribution in [3.63, 3.8) is 0 Å². The van der Waals surface area contributed by atoms with Crippen LogP contribution in [0, 0.1) is 6.92 Å². The van der Waals surface area contributed by atoms with Gasteiger partial charge in [-0.15, -0.1) is 11.3 Å². The van der Waals surface area contributed by atoms with Crippen molar-refractivity contribution in [2.45, 2.75) is 13.8 Å². The van der Waals surface area contributed by atoms with E-state index in [9.17, 15) is 0 Å². The highest BCUT2D eigenvalue weighted by Crippen LogP contribution is 2.21. The predicted molar refractivity (Wildman–Crippen MR) is 92.1 cm³/mol. The Morgan fingerprint density at radius 2 is 2.00 bits per heavy atom. The number of anilines is 1. The Kier molecular flexibility index (Phi) is 5.11. The van der Waals surface area contributed by atoms with E-state index in [-0.39, 0.29) is 0 Å². The van der Waals surface area contributed by atoms with Gasteiger partial charge in [-0.05, 0) is 49.8 Å². The number of nitrogens with one attached hydrogen (secondary N) is 2. The molecule has 20 heavy (non-hydrogen) atoms. The van der Waals surface area contributed by atoms with E-state index in [0.29, 0.717) is 5.11 Å². The zero-order valence-electron chi connectivity index (χ0n) is 11.1. The molecule has 6 heteroatoms. The molecular weight excluding hydrogens is 310 g/mol. The molecule has 0 bridgehead atoms. The van der Waals surface area contributed by atoms with Gasteiger partial charge in [0.25, 0.3) is 0 Å². The first-order chi connectivity index (χ1) is 9.56. The number of rotatable bonds is 3. The van der Waals surface area contributed by atoms with Gasteiger partial charge >= 0.3 is 0 Å². The summed E-state index contributed by atoms with van der Waals surface area (Å²) in [6.07, 6.45) is 0. The Labute approximate surface area is 132 Å². The van der Waals surface area contributed by atoms with Crippen LogP contribution in [0.4, 0.5) is 5.69 Å². The number of aryl methyl sites for hydroxylation is 1. The van der Waals surface area contributed by atoms with Crippen LogP contribution in [0.1, 0.15) is 17.4 Å². The molecule has 1 aromatic carbocycles. The lowest BCUT2D eigenvalue weighted by Gasteiger charge is -2.09. The third-order valence-electron chi connectivity index (χ3n) is 2.65. The molecule has 0 unspecified atom stereocenters. The fourth-order valence-electron chi connectivity index (χ4n) is 1.56. The van der Waals surface area contributed by atoms with Gasteiger partial charge in [0.05, 0.1) is 14.9 Å². The van der Waals surface area contributed by atoms with Gasteiger partial charge in [-0.1, -0.05) is 29.8 Å². The molecule has 0 atom stereocenters. The summed E-state index contributed by atoms with van der Waals surface area (Å²) in [5.74, 6) is 0. The minimum Gasteiger partial charge on any atom is -0.331 e. The van der Waals surface area contributed by atoms with Crippen molar-refractivity contribution in [2.75, 3.05) is 5.32 Å². The summed E-state index contributed by atoms with van der Waals surface area (Å²) in [5, 5.41) is 7.82. The van der Waals surface area contributed by atoms with E-state index < -0.39 is 0 Å². The molecular formula is C14H14ClN3S2. The number of thiocarbonyl (C=S) groups is 1. The normalized spacial score (nSPS) is 11.2. The lowest BCUT2D eigenvalue weighted by molar-refractivity contribution is 1.04. The van der Waals surface area contributed by atoms with E-state index in [1.165, 1.54) is 11.3 Å². The van der Waals surface area contributed by atoms with Crippen LogP contribution < -0.4 is 10.7 Å². The maximum Gasteiger partial charge on any atom is 0.191 e. The van der Waals surface area contributed by atoms with Crippen molar-refractivity contribution in [1.82, 2.24) is 5.43 Å². The summed E-state index contributed by atoms with van der Waals surface area (Å²) >= 11 is 12.6. The van der Waals surface area contributed by atoms with Crippen molar-refractivity contribution in [3.05, 3.63) is 51.2 Å². The van der Waals surface area contributed by atoms with E-state index in [1.54, 1.807) is 0 Å². The topological polar surface area (TPSA) is 36.4 Å². The molecule has 0 aliphatic heterocycles. The Balaban J connectivity index is 1.97. The quantitative estimate of drug-likeness (QED) is 0.498. The molecule has 0 spiro atoms. The maximum atomic E-state index is 5.90. The number of nitrogens with zero attached hydrogens (tertiary/aromatic N) is 1. The van der Waals surface area contributed by atoms with Crippen LogP contribution in [-0.2, 0) is 0 Å². The minimum absolute atomic E-state index is 0.460. The second kappa shape index (κ2) is 6.83. The molecule has 0 aliphatic carbocycles. The molecule has 1 aromatic heterocycles. The first kappa shape index (κ1) is 15.0. The largest absolute Gasteiger partial charge is 0.331 e. The summed E-state index contributed by atoms with van der Waals surface area (Å²) in [5.41, 5.74) is 5.78. The average Bonchev–Trinajstić information content (AvgIpc) is 2.85. The molecule has 2 aromatic rings. The van der Waals surface area contributed by atoms with Gasteiger partial charge in [0.15, 0.2) is 5.11 Å². The van der Waals surface area contributed by atoms with Gasteiger partial charge in [0.2, 0.25) is 0 Å². The minimum atomic E-state index is 0.460. The summed E-state index contributed by atoms with van der Waals surface area (Å²) < 4.78 is 0.746. The number of hydrogen-bond acceptors (Lipinski definition) is 3. The highest BCUT2D eigenvalue weighted by Gasteiger charge is 2.03. The summed E-state index contributed by atoms with van der Waals surface area (Å²) in [6.45, 7) is 3.93. The van der Waals surface area contributed by atoms with Crippen LogP contribution in [0.2, 0.25) is 4.34 Å². The highest BCUT2D eigenvalue weighted by atomic mass is 35.5. The Bertz CT molecular complexity index is 649. The number of benzene rings is 1. The van der Waals surface area contributed by atoms with Crippen LogP contribution in [-0.4, -0.2) is 10.8 Å². The highest BCUT2D eigenvalue weighted by molar-refractivity contribution is 7.80.